The monoisotopic (exact) mass is 225 g/mol. The highest BCUT2D eigenvalue weighted by molar-refractivity contribution is 5.51. The normalized spacial score (nSPS) is 12.1. The first-order valence-corrected chi connectivity index (χ1v) is 5.23. The van der Waals surface area contributed by atoms with Gasteiger partial charge in [0.2, 0.25) is 0 Å². The van der Waals surface area contributed by atoms with Gasteiger partial charge in [0.1, 0.15) is 5.75 Å². The van der Waals surface area contributed by atoms with Gasteiger partial charge in [-0.3, -0.25) is 0 Å². The first-order chi connectivity index (χ1) is 7.67. The summed E-state index contributed by atoms with van der Waals surface area (Å²) in [5.74, 6) is 2.04. The Hall–Kier alpha value is -1.42. The summed E-state index contributed by atoms with van der Waals surface area (Å²) in [6.07, 6.45) is 0.839. The Kier molecular flexibility index (Phi) is 4.43. The Morgan fingerprint density at radius 2 is 1.50 bits per heavy atom. The van der Waals surface area contributed by atoms with Crippen molar-refractivity contribution in [3.05, 3.63) is 17.7 Å². The van der Waals surface area contributed by atoms with E-state index in [2.05, 4.69) is 0 Å². The van der Waals surface area contributed by atoms with Gasteiger partial charge in [-0.05, 0) is 12.5 Å². The maximum Gasteiger partial charge on any atom is 0.164 e. The van der Waals surface area contributed by atoms with Crippen LogP contribution in [0.5, 0.6) is 17.2 Å². The van der Waals surface area contributed by atoms with Crippen molar-refractivity contribution in [3.8, 4) is 17.2 Å². The highest BCUT2D eigenvalue weighted by atomic mass is 16.5. The van der Waals surface area contributed by atoms with Gasteiger partial charge in [0.05, 0.1) is 21.3 Å². The van der Waals surface area contributed by atoms with E-state index in [0.717, 1.165) is 17.7 Å². The van der Waals surface area contributed by atoms with Gasteiger partial charge in [-0.15, -0.1) is 0 Å². The number of rotatable bonds is 5. The highest BCUT2D eigenvalue weighted by Gasteiger charge is 2.15. The van der Waals surface area contributed by atoms with Crippen LogP contribution in [0.2, 0.25) is 0 Å². The molecule has 2 N–H and O–H groups in total. The maximum atomic E-state index is 6.01. The largest absolute Gasteiger partial charge is 0.496 e. The van der Waals surface area contributed by atoms with Gasteiger partial charge in [0, 0.05) is 17.7 Å². The van der Waals surface area contributed by atoms with Crippen LogP contribution >= 0.6 is 0 Å². The second kappa shape index (κ2) is 5.61. The number of benzene rings is 1. The van der Waals surface area contributed by atoms with Crippen molar-refractivity contribution in [1.29, 1.82) is 0 Å². The summed E-state index contributed by atoms with van der Waals surface area (Å²) >= 11 is 0. The van der Waals surface area contributed by atoms with Crippen molar-refractivity contribution in [2.24, 2.45) is 5.73 Å². The van der Waals surface area contributed by atoms with Crippen LogP contribution in [0, 0.1) is 0 Å². The van der Waals surface area contributed by atoms with Crippen LogP contribution in [0.1, 0.15) is 24.9 Å². The van der Waals surface area contributed by atoms with E-state index in [4.69, 9.17) is 19.9 Å². The average molecular weight is 225 g/mol. The fourth-order valence-corrected chi connectivity index (χ4v) is 1.56. The standard InChI is InChI=1S/C12H19NO3/c1-5-9(13)8-6-11(15-3)12(16-4)7-10(8)14-2/h6-7,9H,5,13H2,1-4H3. The Balaban J connectivity index is 3.25. The first kappa shape index (κ1) is 12.6. The third-order valence-corrected chi connectivity index (χ3v) is 2.58. The summed E-state index contributed by atoms with van der Waals surface area (Å²) in [5.41, 5.74) is 6.94. The van der Waals surface area contributed by atoms with Gasteiger partial charge in [0.25, 0.3) is 0 Å². The molecule has 0 aliphatic rings. The second-order valence-corrected chi connectivity index (χ2v) is 3.46. The van der Waals surface area contributed by atoms with Gasteiger partial charge in [0.15, 0.2) is 11.5 Å². The smallest absolute Gasteiger partial charge is 0.164 e. The molecule has 0 saturated carbocycles. The summed E-state index contributed by atoms with van der Waals surface area (Å²) in [7, 11) is 4.81. The maximum absolute atomic E-state index is 6.01. The zero-order valence-corrected chi connectivity index (χ0v) is 10.2. The lowest BCUT2D eigenvalue weighted by Crippen LogP contribution is -2.10. The fourth-order valence-electron chi connectivity index (χ4n) is 1.56. The SMILES string of the molecule is CCC(N)c1cc(OC)c(OC)cc1OC. The van der Waals surface area contributed by atoms with Crippen molar-refractivity contribution in [1.82, 2.24) is 0 Å². The van der Waals surface area contributed by atoms with Crippen LogP contribution in [0.25, 0.3) is 0 Å². The number of methoxy groups -OCH3 is 3. The Bertz CT molecular complexity index is 352. The van der Waals surface area contributed by atoms with E-state index >= 15 is 0 Å². The average Bonchev–Trinajstić information content (AvgIpc) is 2.35. The van der Waals surface area contributed by atoms with E-state index in [0.29, 0.717) is 11.5 Å². The topological polar surface area (TPSA) is 53.7 Å². The van der Waals surface area contributed by atoms with E-state index in [1.165, 1.54) is 0 Å². The Labute approximate surface area is 96.3 Å². The van der Waals surface area contributed by atoms with Crippen LogP contribution < -0.4 is 19.9 Å². The minimum absolute atomic E-state index is 0.0604. The summed E-state index contributed by atoms with van der Waals surface area (Å²) < 4.78 is 15.7. The minimum Gasteiger partial charge on any atom is -0.496 e. The van der Waals surface area contributed by atoms with E-state index in [9.17, 15) is 0 Å². The van der Waals surface area contributed by atoms with Crippen molar-refractivity contribution in [2.45, 2.75) is 19.4 Å². The molecule has 4 heteroatoms. The molecule has 0 aromatic heterocycles. The molecule has 0 saturated heterocycles. The van der Waals surface area contributed by atoms with Crippen molar-refractivity contribution in [3.63, 3.8) is 0 Å². The lowest BCUT2D eigenvalue weighted by molar-refractivity contribution is 0.346. The molecule has 0 fully saturated rings. The van der Waals surface area contributed by atoms with Crippen molar-refractivity contribution in [2.75, 3.05) is 21.3 Å². The Morgan fingerprint density at radius 1 is 1.00 bits per heavy atom. The van der Waals surface area contributed by atoms with Crippen molar-refractivity contribution >= 4 is 0 Å². The molecule has 0 radical (unpaired) electrons. The number of ether oxygens (including phenoxy) is 3. The zero-order valence-electron chi connectivity index (χ0n) is 10.2. The van der Waals surface area contributed by atoms with Crippen LogP contribution in [-0.4, -0.2) is 21.3 Å². The number of hydrogen-bond acceptors (Lipinski definition) is 4. The summed E-state index contributed by atoms with van der Waals surface area (Å²) in [6.45, 7) is 2.03. The van der Waals surface area contributed by atoms with Crippen LogP contribution in [0.4, 0.5) is 0 Å². The molecule has 4 nitrogen and oxygen atoms in total. The number of nitrogens with two attached hydrogens (primary N) is 1. The third kappa shape index (κ3) is 2.39. The molecule has 16 heavy (non-hydrogen) atoms. The molecule has 1 aromatic rings. The molecular weight excluding hydrogens is 206 g/mol. The third-order valence-electron chi connectivity index (χ3n) is 2.58. The lowest BCUT2D eigenvalue weighted by atomic mass is 10.0. The van der Waals surface area contributed by atoms with Crippen LogP contribution in [0.15, 0.2) is 12.1 Å². The molecular formula is C12H19NO3. The molecule has 0 aliphatic carbocycles. The van der Waals surface area contributed by atoms with Gasteiger partial charge in [-0.2, -0.15) is 0 Å². The minimum atomic E-state index is -0.0604. The van der Waals surface area contributed by atoms with Crippen molar-refractivity contribution < 1.29 is 14.2 Å². The fraction of sp³-hybridized carbons (Fsp3) is 0.500. The second-order valence-electron chi connectivity index (χ2n) is 3.46. The number of hydrogen-bond donors (Lipinski definition) is 1. The highest BCUT2D eigenvalue weighted by Crippen LogP contribution is 2.37. The molecule has 0 aliphatic heterocycles. The molecule has 1 rings (SSSR count). The van der Waals surface area contributed by atoms with Gasteiger partial charge >= 0.3 is 0 Å². The molecule has 90 valence electrons. The molecule has 0 amide bonds. The molecule has 0 bridgehead atoms. The van der Waals surface area contributed by atoms with E-state index in [1.54, 1.807) is 27.4 Å². The quantitative estimate of drug-likeness (QED) is 0.834. The molecule has 1 unspecified atom stereocenters. The first-order valence-electron chi connectivity index (χ1n) is 5.23. The van der Waals surface area contributed by atoms with E-state index in [-0.39, 0.29) is 6.04 Å². The predicted molar refractivity (Wildman–Crippen MR) is 63.3 cm³/mol. The molecule has 1 atom stereocenters. The summed E-state index contributed by atoms with van der Waals surface area (Å²) in [6, 6.07) is 3.60. The molecule has 1 aromatic carbocycles. The summed E-state index contributed by atoms with van der Waals surface area (Å²) in [5, 5.41) is 0. The zero-order chi connectivity index (χ0) is 12.1. The van der Waals surface area contributed by atoms with E-state index < -0.39 is 0 Å². The summed E-state index contributed by atoms with van der Waals surface area (Å²) in [4.78, 5) is 0. The lowest BCUT2D eigenvalue weighted by Gasteiger charge is -2.17. The molecule has 0 spiro atoms. The van der Waals surface area contributed by atoms with Gasteiger partial charge < -0.3 is 19.9 Å². The van der Waals surface area contributed by atoms with Gasteiger partial charge in [-0.25, -0.2) is 0 Å². The van der Waals surface area contributed by atoms with Crippen LogP contribution in [-0.2, 0) is 0 Å². The van der Waals surface area contributed by atoms with Crippen LogP contribution in [0.3, 0.4) is 0 Å². The Morgan fingerprint density at radius 3 is 1.94 bits per heavy atom. The predicted octanol–water partition coefficient (Wildman–Crippen LogP) is 2.12. The molecule has 0 heterocycles. The van der Waals surface area contributed by atoms with Gasteiger partial charge in [-0.1, -0.05) is 6.92 Å². The van der Waals surface area contributed by atoms with E-state index in [1.807, 2.05) is 13.0 Å².